The van der Waals surface area contributed by atoms with Gasteiger partial charge in [0.25, 0.3) is 5.91 Å². The van der Waals surface area contributed by atoms with Gasteiger partial charge in [-0.25, -0.2) is 0 Å². The highest BCUT2D eigenvalue weighted by molar-refractivity contribution is 5.92. The number of nitrogens with zero attached hydrogens (tertiary/aromatic N) is 1. The lowest BCUT2D eigenvalue weighted by Crippen LogP contribution is -2.57. The fourth-order valence-corrected chi connectivity index (χ4v) is 2.56. The minimum Gasteiger partial charge on any atom is -0.477 e. The molecule has 0 radical (unpaired) electrons. The van der Waals surface area contributed by atoms with Crippen molar-refractivity contribution in [2.24, 2.45) is 0 Å². The molecular formula is C15H18N2O3. The van der Waals surface area contributed by atoms with Crippen LogP contribution < -0.4 is 10.1 Å². The summed E-state index contributed by atoms with van der Waals surface area (Å²) < 4.78 is 5.88. The van der Waals surface area contributed by atoms with Crippen molar-refractivity contribution in [1.82, 2.24) is 10.2 Å². The first-order chi connectivity index (χ1) is 9.59. The molecule has 1 unspecified atom stereocenters. The molecule has 5 nitrogen and oxygen atoms in total. The average molecular weight is 274 g/mol. The van der Waals surface area contributed by atoms with Crippen LogP contribution in [0.4, 0.5) is 0 Å². The van der Waals surface area contributed by atoms with Crippen LogP contribution in [0.25, 0.3) is 0 Å². The van der Waals surface area contributed by atoms with Gasteiger partial charge in [0.05, 0.1) is 6.54 Å². The molecule has 1 aliphatic heterocycles. The Kier molecular flexibility index (Phi) is 3.12. The molecule has 1 saturated heterocycles. The predicted molar refractivity (Wildman–Crippen MR) is 73.2 cm³/mol. The van der Waals surface area contributed by atoms with E-state index in [4.69, 9.17) is 4.74 Å². The van der Waals surface area contributed by atoms with Crippen molar-refractivity contribution >= 4 is 11.8 Å². The number of hydrogen-bond donors (Lipinski definition) is 1. The first-order valence-electron chi connectivity index (χ1n) is 6.92. The van der Waals surface area contributed by atoms with Crippen LogP contribution in [0.15, 0.2) is 30.3 Å². The van der Waals surface area contributed by atoms with Gasteiger partial charge in [-0.2, -0.15) is 0 Å². The minimum absolute atomic E-state index is 0.00674. The highest BCUT2D eigenvalue weighted by Crippen LogP contribution is 2.42. The van der Waals surface area contributed by atoms with Crippen LogP contribution in [0.2, 0.25) is 0 Å². The molecule has 1 aromatic carbocycles. The van der Waals surface area contributed by atoms with Crippen LogP contribution in [0.3, 0.4) is 0 Å². The second-order valence-electron chi connectivity index (χ2n) is 5.56. The maximum Gasteiger partial charge on any atom is 0.267 e. The van der Waals surface area contributed by atoms with Crippen LogP contribution in [-0.2, 0) is 9.59 Å². The molecule has 1 atom stereocenters. The molecule has 0 bridgehead atoms. The molecule has 1 heterocycles. The minimum atomic E-state index is -0.751. The lowest BCUT2D eigenvalue weighted by Gasteiger charge is -2.33. The molecule has 106 valence electrons. The van der Waals surface area contributed by atoms with Crippen molar-refractivity contribution < 1.29 is 14.3 Å². The number of ether oxygens (including phenoxy) is 1. The summed E-state index contributed by atoms with van der Waals surface area (Å²) in [6.45, 7) is 2.57. The summed E-state index contributed by atoms with van der Waals surface area (Å²) in [5, 5.41) is 2.81. The monoisotopic (exact) mass is 274 g/mol. The van der Waals surface area contributed by atoms with Gasteiger partial charge in [0.15, 0.2) is 5.60 Å². The zero-order chi connectivity index (χ0) is 14.2. The van der Waals surface area contributed by atoms with Gasteiger partial charge in [-0.1, -0.05) is 18.2 Å². The van der Waals surface area contributed by atoms with Gasteiger partial charge in [0.2, 0.25) is 5.91 Å². The highest BCUT2D eigenvalue weighted by atomic mass is 16.5. The van der Waals surface area contributed by atoms with Crippen LogP contribution in [0, 0.1) is 0 Å². The number of benzene rings is 1. The SMILES string of the molecule is CC1CN(C(=O)C2(Oc3ccccc3)CC2)CC(=O)N1. The molecule has 2 fully saturated rings. The number of rotatable bonds is 3. The Hall–Kier alpha value is -2.04. The summed E-state index contributed by atoms with van der Waals surface area (Å²) in [6.07, 6.45) is 1.43. The predicted octanol–water partition coefficient (Wildman–Crippen LogP) is 0.945. The van der Waals surface area contributed by atoms with Crippen LogP contribution in [0.5, 0.6) is 5.75 Å². The molecule has 1 saturated carbocycles. The summed E-state index contributed by atoms with van der Waals surface area (Å²) >= 11 is 0. The second kappa shape index (κ2) is 4.81. The number of amides is 2. The van der Waals surface area contributed by atoms with Crippen molar-refractivity contribution in [2.45, 2.75) is 31.4 Å². The smallest absolute Gasteiger partial charge is 0.267 e. The first kappa shape index (κ1) is 13.0. The molecule has 1 aliphatic carbocycles. The van der Waals surface area contributed by atoms with Gasteiger partial charge in [-0.15, -0.1) is 0 Å². The lowest BCUT2D eigenvalue weighted by molar-refractivity contribution is -0.146. The molecule has 3 rings (SSSR count). The third kappa shape index (κ3) is 2.48. The van der Waals surface area contributed by atoms with E-state index < -0.39 is 5.60 Å². The van der Waals surface area contributed by atoms with Gasteiger partial charge in [-0.3, -0.25) is 9.59 Å². The Morgan fingerprint density at radius 1 is 1.35 bits per heavy atom. The summed E-state index contributed by atoms with van der Waals surface area (Å²) in [5.41, 5.74) is -0.751. The number of piperazine rings is 1. The van der Waals surface area contributed by atoms with Gasteiger partial charge in [0, 0.05) is 25.4 Å². The van der Waals surface area contributed by atoms with E-state index in [1.54, 1.807) is 4.90 Å². The fraction of sp³-hybridized carbons (Fsp3) is 0.467. The van der Waals surface area contributed by atoms with Crippen LogP contribution in [0.1, 0.15) is 19.8 Å². The topological polar surface area (TPSA) is 58.6 Å². The molecular weight excluding hydrogens is 256 g/mol. The number of carbonyl (C=O) groups is 2. The van der Waals surface area contributed by atoms with Crippen molar-refractivity contribution in [2.75, 3.05) is 13.1 Å². The molecule has 1 N–H and O–H groups in total. The number of hydrogen-bond acceptors (Lipinski definition) is 3. The quantitative estimate of drug-likeness (QED) is 0.892. The molecule has 5 heteroatoms. The zero-order valence-electron chi connectivity index (χ0n) is 11.5. The Labute approximate surface area is 117 Å². The highest BCUT2D eigenvalue weighted by Gasteiger charge is 2.55. The zero-order valence-corrected chi connectivity index (χ0v) is 11.5. The molecule has 20 heavy (non-hydrogen) atoms. The van der Waals surface area contributed by atoms with E-state index in [0.717, 1.165) is 0 Å². The summed E-state index contributed by atoms with van der Waals surface area (Å²) in [5.74, 6) is 0.531. The van der Waals surface area contributed by atoms with E-state index in [0.29, 0.717) is 25.1 Å². The Morgan fingerprint density at radius 3 is 2.65 bits per heavy atom. The van der Waals surface area contributed by atoms with Gasteiger partial charge < -0.3 is 15.0 Å². The molecule has 0 spiro atoms. The van der Waals surface area contributed by atoms with Crippen LogP contribution in [-0.4, -0.2) is 41.4 Å². The Morgan fingerprint density at radius 2 is 2.05 bits per heavy atom. The Balaban J connectivity index is 1.71. The third-order valence-corrected chi connectivity index (χ3v) is 3.67. The number of para-hydroxylation sites is 1. The standard InChI is InChI=1S/C15H18N2O3/c1-11-9-17(10-13(18)16-11)14(19)15(7-8-15)20-12-5-3-2-4-6-12/h2-6,11H,7-10H2,1H3,(H,16,18). The van der Waals surface area contributed by atoms with Crippen LogP contribution >= 0.6 is 0 Å². The lowest BCUT2D eigenvalue weighted by atomic mass is 10.2. The van der Waals surface area contributed by atoms with Crippen molar-refractivity contribution in [1.29, 1.82) is 0 Å². The largest absolute Gasteiger partial charge is 0.477 e. The number of carbonyl (C=O) groups excluding carboxylic acids is 2. The van der Waals surface area contributed by atoms with Gasteiger partial charge in [0.1, 0.15) is 5.75 Å². The maximum absolute atomic E-state index is 12.6. The number of nitrogens with one attached hydrogen (secondary N) is 1. The van der Waals surface area contributed by atoms with E-state index >= 15 is 0 Å². The third-order valence-electron chi connectivity index (χ3n) is 3.67. The van der Waals surface area contributed by atoms with E-state index in [-0.39, 0.29) is 24.4 Å². The fourth-order valence-electron chi connectivity index (χ4n) is 2.56. The summed E-state index contributed by atoms with van der Waals surface area (Å²) in [4.78, 5) is 25.8. The van der Waals surface area contributed by atoms with E-state index in [9.17, 15) is 9.59 Å². The first-order valence-corrected chi connectivity index (χ1v) is 6.92. The molecule has 0 aromatic heterocycles. The maximum atomic E-state index is 12.6. The molecule has 1 aromatic rings. The van der Waals surface area contributed by atoms with Gasteiger partial charge >= 0.3 is 0 Å². The second-order valence-corrected chi connectivity index (χ2v) is 5.56. The average Bonchev–Trinajstić information content (AvgIpc) is 3.19. The van der Waals surface area contributed by atoms with Crippen molar-refractivity contribution in [3.05, 3.63) is 30.3 Å². The van der Waals surface area contributed by atoms with Crippen molar-refractivity contribution in [3.8, 4) is 5.75 Å². The van der Waals surface area contributed by atoms with Crippen molar-refractivity contribution in [3.63, 3.8) is 0 Å². The van der Waals surface area contributed by atoms with E-state index in [1.165, 1.54) is 0 Å². The molecule has 2 aliphatic rings. The van der Waals surface area contributed by atoms with Gasteiger partial charge in [-0.05, 0) is 19.1 Å². The normalized spacial score (nSPS) is 23.9. The van der Waals surface area contributed by atoms with E-state index in [2.05, 4.69) is 5.32 Å². The summed E-state index contributed by atoms with van der Waals surface area (Å²) in [6, 6.07) is 9.36. The van der Waals surface area contributed by atoms with E-state index in [1.807, 2.05) is 37.3 Å². The summed E-state index contributed by atoms with van der Waals surface area (Å²) in [7, 11) is 0. The Bertz CT molecular complexity index is 525. The molecule has 2 amide bonds.